The van der Waals surface area contributed by atoms with Gasteiger partial charge in [-0.15, -0.1) is 0 Å². The lowest BCUT2D eigenvalue weighted by Gasteiger charge is -2.25. The van der Waals surface area contributed by atoms with E-state index in [1.807, 2.05) is 24.0 Å². The molecule has 164 valence electrons. The lowest BCUT2D eigenvalue weighted by molar-refractivity contribution is -0.192. The van der Waals surface area contributed by atoms with Gasteiger partial charge in [-0.2, -0.15) is 13.2 Å². The summed E-state index contributed by atoms with van der Waals surface area (Å²) >= 11 is 0. The third-order valence-corrected chi connectivity index (χ3v) is 4.92. The molecule has 1 N–H and O–H groups in total. The van der Waals surface area contributed by atoms with Gasteiger partial charge in [-0.1, -0.05) is 5.16 Å². The number of aromatic nitrogens is 1. The molecule has 2 aliphatic rings. The molecule has 11 heteroatoms. The number of carbonyl (C=O) groups excluding carboxylic acids is 1. The zero-order valence-electron chi connectivity index (χ0n) is 16.4. The maximum atomic E-state index is 12.6. The Morgan fingerprint density at radius 2 is 1.87 bits per heavy atom. The Balaban J connectivity index is 0.000000318. The van der Waals surface area contributed by atoms with E-state index in [9.17, 15) is 18.0 Å². The minimum atomic E-state index is -5.08. The molecule has 1 amide bonds. The van der Waals surface area contributed by atoms with Crippen molar-refractivity contribution in [1.82, 2.24) is 15.0 Å². The number of carboxylic acids is 1. The van der Waals surface area contributed by atoms with Gasteiger partial charge in [0.25, 0.3) is 5.91 Å². The van der Waals surface area contributed by atoms with Crippen molar-refractivity contribution >= 4 is 11.9 Å². The number of furan rings is 1. The van der Waals surface area contributed by atoms with Crippen LogP contribution in [0.5, 0.6) is 0 Å². The van der Waals surface area contributed by atoms with Crippen molar-refractivity contribution in [3.05, 3.63) is 40.7 Å². The minimum Gasteiger partial charge on any atom is -0.475 e. The van der Waals surface area contributed by atoms with Crippen LogP contribution in [-0.4, -0.2) is 57.8 Å². The maximum absolute atomic E-state index is 12.6. The molecule has 0 unspecified atom stereocenters. The van der Waals surface area contributed by atoms with E-state index in [0.717, 1.165) is 68.3 Å². The molecule has 0 saturated carbocycles. The maximum Gasteiger partial charge on any atom is 0.490 e. The lowest BCUT2D eigenvalue weighted by atomic mass is 10.1. The zero-order valence-corrected chi connectivity index (χ0v) is 16.4. The summed E-state index contributed by atoms with van der Waals surface area (Å²) < 4.78 is 42.8. The first kappa shape index (κ1) is 21.9. The highest BCUT2D eigenvalue weighted by Crippen LogP contribution is 2.26. The van der Waals surface area contributed by atoms with Crippen LogP contribution in [0.1, 0.15) is 46.2 Å². The first-order valence-corrected chi connectivity index (χ1v) is 9.49. The second kappa shape index (κ2) is 8.90. The van der Waals surface area contributed by atoms with Crippen molar-refractivity contribution in [3.8, 4) is 0 Å². The molecule has 2 aromatic rings. The molecule has 8 nitrogen and oxygen atoms in total. The molecule has 0 bridgehead atoms. The van der Waals surface area contributed by atoms with Crippen LogP contribution in [0.3, 0.4) is 0 Å². The molecule has 30 heavy (non-hydrogen) atoms. The van der Waals surface area contributed by atoms with Gasteiger partial charge in [0.2, 0.25) is 0 Å². The van der Waals surface area contributed by atoms with E-state index in [1.165, 1.54) is 0 Å². The molecule has 0 aliphatic carbocycles. The van der Waals surface area contributed by atoms with E-state index in [4.69, 9.17) is 18.8 Å². The van der Waals surface area contributed by atoms with Gasteiger partial charge in [0, 0.05) is 38.2 Å². The average molecular weight is 429 g/mol. The van der Waals surface area contributed by atoms with Crippen LogP contribution in [0, 0.1) is 6.92 Å². The third-order valence-electron chi connectivity index (χ3n) is 4.92. The summed E-state index contributed by atoms with van der Waals surface area (Å²) in [5, 5.41) is 11.2. The van der Waals surface area contributed by atoms with Crippen molar-refractivity contribution in [3.63, 3.8) is 0 Å². The predicted molar refractivity (Wildman–Crippen MR) is 96.6 cm³/mol. The number of aliphatic carboxylic acids is 1. The normalized spacial score (nSPS) is 16.7. The van der Waals surface area contributed by atoms with E-state index in [2.05, 4.69) is 10.1 Å². The van der Waals surface area contributed by atoms with Crippen LogP contribution in [0.15, 0.2) is 21.1 Å². The number of amides is 1. The summed E-state index contributed by atoms with van der Waals surface area (Å²) in [6, 6.07) is 3.99. The number of halogens is 3. The van der Waals surface area contributed by atoms with Crippen LogP contribution >= 0.6 is 0 Å². The van der Waals surface area contributed by atoms with E-state index in [-0.39, 0.29) is 5.91 Å². The molecule has 2 aromatic heterocycles. The van der Waals surface area contributed by atoms with Gasteiger partial charge >= 0.3 is 12.1 Å². The molecular formula is C19H22F3N3O5. The lowest BCUT2D eigenvalue weighted by Crippen LogP contribution is -2.33. The Hall–Kier alpha value is -2.82. The second-order valence-corrected chi connectivity index (χ2v) is 7.21. The Labute approximate surface area is 170 Å². The Morgan fingerprint density at radius 1 is 1.20 bits per heavy atom. The fourth-order valence-electron chi connectivity index (χ4n) is 3.43. The molecule has 0 atom stereocenters. The molecule has 4 rings (SSSR count). The first-order chi connectivity index (χ1) is 14.1. The van der Waals surface area contributed by atoms with Crippen molar-refractivity contribution in [2.45, 2.75) is 45.5 Å². The number of rotatable bonds is 3. The first-order valence-electron chi connectivity index (χ1n) is 9.49. The number of fused-ring (bicyclic) bond motifs is 1. The third kappa shape index (κ3) is 5.21. The quantitative estimate of drug-likeness (QED) is 0.801. The summed E-state index contributed by atoms with van der Waals surface area (Å²) in [4.78, 5) is 25.7. The summed E-state index contributed by atoms with van der Waals surface area (Å²) in [5.41, 5.74) is 1.46. The van der Waals surface area contributed by atoms with Crippen molar-refractivity contribution in [2.75, 3.05) is 19.6 Å². The average Bonchev–Trinajstić information content (AvgIpc) is 3.42. The number of nitrogens with zero attached hydrogens (tertiary/aromatic N) is 3. The smallest absolute Gasteiger partial charge is 0.475 e. The molecule has 1 saturated heterocycles. The van der Waals surface area contributed by atoms with Gasteiger partial charge in [-0.25, -0.2) is 4.79 Å². The topological polar surface area (TPSA) is 100 Å². The molecule has 0 spiro atoms. The van der Waals surface area contributed by atoms with Crippen LogP contribution in [0.25, 0.3) is 0 Å². The molecule has 1 fully saturated rings. The van der Waals surface area contributed by atoms with Crippen LogP contribution < -0.4 is 0 Å². The van der Waals surface area contributed by atoms with E-state index >= 15 is 0 Å². The monoisotopic (exact) mass is 429 g/mol. The van der Waals surface area contributed by atoms with Crippen molar-refractivity contribution in [1.29, 1.82) is 0 Å². The summed E-state index contributed by atoms with van der Waals surface area (Å²) in [6.45, 7) is 5.93. The van der Waals surface area contributed by atoms with E-state index in [1.54, 1.807) is 0 Å². The van der Waals surface area contributed by atoms with Gasteiger partial charge in [0.1, 0.15) is 17.3 Å². The minimum absolute atomic E-state index is 0.0168. The summed E-state index contributed by atoms with van der Waals surface area (Å²) in [6.07, 6.45) is -2.14. The second-order valence-electron chi connectivity index (χ2n) is 7.21. The Bertz CT molecular complexity index is 900. The van der Waals surface area contributed by atoms with Gasteiger partial charge in [-0.3, -0.25) is 9.69 Å². The highest BCUT2D eigenvalue weighted by molar-refractivity contribution is 5.94. The highest BCUT2D eigenvalue weighted by atomic mass is 19.4. The number of likely N-dealkylation sites (tertiary alicyclic amines) is 1. The molecule has 4 heterocycles. The van der Waals surface area contributed by atoms with Gasteiger partial charge in [-0.05, 0) is 31.9 Å². The SMILES string of the molecule is Cc1ccc(CN2CCc3onc(C(=O)N4CCCC4)c3C2)o1.O=C(O)C(F)(F)F. The number of carbonyl (C=O) groups is 2. The zero-order chi connectivity index (χ0) is 21.9. The van der Waals surface area contributed by atoms with Crippen molar-refractivity contribution in [2.24, 2.45) is 0 Å². The van der Waals surface area contributed by atoms with E-state index in [0.29, 0.717) is 12.2 Å². The number of aryl methyl sites for hydroxylation is 1. The fourth-order valence-corrected chi connectivity index (χ4v) is 3.43. The molecule has 2 aliphatic heterocycles. The van der Waals surface area contributed by atoms with Crippen LogP contribution in [-0.2, 0) is 24.3 Å². The van der Waals surface area contributed by atoms with Crippen molar-refractivity contribution < 1.29 is 36.8 Å². The molecular weight excluding hydrogens is 407 g/mol. The highest BCUT2D eigenvalue weighted by Gasteiger charge is 2.38. The van der Waals surface area contributed by atoms with Gasteiger partial charge in [0.15, 0.2) is 5.69 Å². The number of hydrogen-bond donors (Lipinski definition) is 1. The number of carboxylic acid groups (broad SMARTS) is 1. The molecule has 0 aromatic carbocycles. The van der Waals surface area contributed by atoms with Gasteiger partial charge < -0.3 is 18.9 Å². The van der Waals surface area contributed by atoms with Gasteiger partial charge in [0.05, 0.1) is 6.54 Å². The molecule has 0 radical (unpaired) electrons. The Morgan fingerprint density at radius 3 is 2.43 bits per heavy atom. The summed E-state index contributed by atoms with van der Waals surface area (Å²) in [5.74, 6) is -0.00230. The van der Waals surface area contributed by atoms with Crippen LogP contribution in [0.4, 0.5) is 13.2 Å². The fraction of sp³-hybridized carbons (Fsp3) is 0.526. The standard InChI is InChI=1S/C17H21N3O3.C2HF3O2/c1-12-4-5-13(22-12)10-19-9-6-15-14(11-19)16(18-23-15)17(21)20-7-2-3-8-20;3-2(4,5)1(6)7/h4-5H,2-3,6-11H2,1H3;(H,6,7). The summed E-state index contributed by atoms with van der Waals surface area (Å²) in [7, 11) is 0. The largest absolute Gasteiger partial charge is 0.490 e. The Kier molecular flexibility index (Phi) is 6.49. The van der Waals surface area contributed by atoms with E-state index < -0.39 is 12.1 Å². The number of alkyl halides is 3. The predicted octanol–water partition coefficient (Wildman–Crippen LogP) is 3.00. The van der Waals surface area contributed by atoms with Crippen LogP contribution in [0.2, 0.25) is 0 Å². The number of hydrogen-bond acceptors (Lipinski definition) is 6.